The number of carboxylic acid groups (broad SMARTS) is 1. The molecule has 19 heavy (non-hydrogen) atoms. The first-order valence-electron chi connectivity index (χ1n) is 5.15. The molecule has 1 N–H and O–H groups in total. The molecule has 1 unspecified atom stereocenters. The molecule has 0 radical (unpaired) electrons. The number of carbonyl (C=O) groups is 2. The average Bonchev–Trinajstić information content (AvgIpc) is 2.84. The Balaban J connectivity index is 2.27. The zero-order valence-corrected chi connectivity index (χ0v) is 12.8. The van der Waals surface area contributed by atoms with Crippen LogP contribution in [0.3, 0.4) is 0 Å². The van der Waals surface area contributed by atoms with E-state index in [-0.39, 0.29) is 4.32 Å². The molecule has 2 rings (SSSR count). The minimum Gasteiger partial charge on any atom is -0.480 e. The summed E-state index contributed by atoms with van der Waals surface area (Å²) in [6.07, 6.45) is 1.54. The van der Waals surface area contributed by atoms with Crippen molar-refractivity contribution in [2.75, 3.05) is 0 Å². The maximum Gasteiger partial charge on any atom is 0.326 e. The highest BCUT2D eigenvalue weighted by atomic mass is 79.9. The molecule has 1 aliphatic heterocycles. The first-order chi connectivity index (χ1) is 8.90. The van der Waals surface area contributed by atoms with Crippen LogP contribution in [0.2, 0.25) is 0 Å². The van der Waals surface area contributed by atoms with Crippen molar-refractivity contribution in [3.05, 3.63) is 27.5 Å². The number of hydrogen-bond donors (Lipinski definition) is 1. The predicted molar refractivity (Wildman–Crippen MR) is 78.5 cm³/mol. The van der Waals surface area contributed by atoms with Crippen LogP contribution in [0.1, 0.15) is 12.7 Å². The van der Waals surface area contributed by atoms with E-state index < -0.39 is 17.9 Å². The molecule has 100 valence electrons. The zero-order valence-electron chi connectivity index (χ0n) is 9.62. The Labute approximate surface area is 126 Å². The average molecular weight is 362 g/mol. The lowest BCUT2D eigenvalue weighted by molar-refractivity contribution is -0.144. The molecule has 1 aliphatic rings. The summed E-state index contributed by atoms with van der Waals surface area (Å²) in [4.78, 5) is 24.5. The summed E-state index contributed by atoms with van der Waals surface area (Å²) in [6.45, 7) is 1.42. The summed E-state index contributed by atoms with van der Waals surface area (Å²) in [5.41, 5.74) is 0. The number of thiocarbonyl (C=S) groups is 1. The molecule has 1 amide bonds. The van der Waals surface area contributed by atoms with Crippen LogP contribution < -0.4 is 0 Å². The van der Waals surface area contributed by atoms with Crippen molar-refractivity contribution < 1.29 is 19.1 Å². The van der Waals surface area contributed by atoms with Crippen molar-refractivity contribution in [2.45, 2.75) is 13.0 Å². The summed E-state index contributed by atoms with van der Waals surface area (Å²) in [5, 5.41) is 8.95. The number of carboxylic acids is 1. The van der Waals surface area contributed by atoms with Crippen LogP contribution in [0.25, 0.3) is 6.08 Å². The highest BCUT2D eigenvalue weighted by Gasteiger charge is 2.38. The van der Waals surface area contributed by atoms with Gasteiger partial charge in [-0.05, 0) is 35.0 Å². The lowest BCUT2D eigenvalue weighted by Crippen LogP contribution is -2.41. The lowest BCUT2D eigenvalue weighted by atomic mass is 10.3. The van der Waals surface area contributed by atoms with Crippen LogP contribution in [0.15, 0.2) is 26.1 Å². The third-order valence-corrected chi connectivity index (χ3v) is 4.19. The summed E-state index contributed by atoms with van der Waals surface area (Å²) < 4.78 is 6.05. The molecule has 0 saturated carbocycles. The SMILES string of the molecule is CC(C(=O)O)N1C(=O)/C(=C\c2ccc(Br)o2)SC1=S. The van der Waals surface area contributed by atoms with E-state index in [0.717, 1.165) is 16.7 Å². The Morgan fingerprint density at radius 3 is 2.84 bits per heavy atom. The van der Waals surface area contributed by atoms with Crippen LogP contribution in [-0.4, -0.2) is 32.2 Å². The number of rotatable bonds is 3. The van der Waals surface area contributed by atoms with E-state index in [9.17, 15) is 9.59 Å². The van der Waals surface area contributed by atoms with Gasteiger partial charge in [-0.1, -0.05) is 24.0 Å². The van der Waals surface area contributed by atoms with Gasteiger partial charge in [-0.2, -0.15) is 0 Å². The van der Waals surface area contributed by atoms with Gasteiger partial charge in [0, 0.05) is 6.08 Å². The van der Waals surface area contributed by atoms with E-state index in [1.165, 1.54) is 6.92 Å². The monoisotopic (exact) mass is 361 g/mol. The summed E-state index contributed by atoms with van der Waals surface area (Å²) in [6, 6.07) is 2.41. The number of carbonyl (C=O) groups excluding carboxylic acids is 1. The highest BCUT2D eigenvalue weighted by molar-refractivity contribution is 9.10. The van der Waals surface area contributed by atoms with Crippen molar-refractivity contribution in [1.82, 2.24) is 4.90 Å². The standard InChI is InChI=1S/C11H8BrNO4S2/c1-5(10(15)16)13-9(14)7(19-11(13)18)4-6-2-3-8(12)17-6/h2-5H,1H3,(H,15,16)/b7-4+. The Kier molecular flexibility index (Phi) is 4.12. The third kappa shape index (κ3) is 2.90. The largest absolute Gasteiger partial charge is 0.480 e. The number of halogens is 1. The second kappa shape index (κ2) is 5.48. The molecular formula is C11H8BrNO4S2. The number of hydrogen-bond acceptors (Lipinski definition) is 5. The second-order valence-corrected chi connectivity index (χ2v) is 6.17. The van der Waals surface area contributed by atoms with Crippen LogP contribution in [-0.2, 0) is 9.59 Å². The van der Waals surface area contributed by atoms with Gasteiger partial charge in [0.1, 0.15) is 16.1 Å². The number of furan rings is 1. The van der Waals surface area contributed by atoms with E-state index in [4.69, 9.17) is 21.7 Å². The Bertz CT molecular complexity index is 595. The van der Waals surface area contributed by atoms with E-state index in [0.29, 0.717) is 15.3 Å². The lowest BCUT2D eigenvalue weighted by Gasteiger charge is -2.18. The molecule has 5 nitrogen and oxygen atoms in total. The van der Waals surface area contributed by atoms with E-state index in [1.807, 2.05) is 0 Å². The van der Waals surface area contributed by atoms with Crippen molar-refractivity contribution in [1.29, 1.82) is 0 Å². The molecule has 1 aromatic heterocycles. The van der Waals surface area contributed by atoms with Crippen LogP contribution in [0.4, 0.5) is 0 Å². The molecule has 0 spiro atoms. The summed E-state index contributed by atoms with van der Waals surface area (Å²) >= 11 is 9.26. The smallest absolute Gasteiger partial charge is 0.326 e. The molecule has 2 heterocycles. The second-order valence-electron chi connectivity index (χ2n) is 3.71. The number of thioether (sulfide) groups is 1. The fourth-order valence-electron chi connectivity index (χ4n) is 1.46. The summed E-state index contributed by atoms with van der Waals surface area (Å²) in [7, 11) is 0. The van der Waals surface area contributed by atoms with Gasteiger partial charge < -0.3 is 9.52 Å². The van der Waals surface area contributed by atoms with E-state index in [2.05, 4.69) is 15.9 Å². The van der Waals surface area contributed by atoms with E-state index in [1.54, 1.807) is 18.2 Å². The predicted octanol–water partition coefficient (Wildman–Crippen LogP) is 2.72. The fourth-order valence-corrected chi connectivity index (χ4v) is 3.18. The van der Waals surface area contributed by atoms with Gasteiger partial charge in [0.15, 0.2) is 4.67 Å². The normalized spacial score (nSPS) is 19.3. The molecule has 1 atom stereocenters. The first kappa shape index (κ1) is 14.3. The highest BCUT2D eigenvalue weighted by Crippen LogP contribution is 2.34. The molecular weight excluding hydrogens is 354 g/mol. The number of aliphatic carboxylic acids is 1. The van der Waals surface area contributed by atoms with Gasteiger partial charge in [-0.3, -0.25) is 9.69 Å². The molecule has 0 aromatic carbocycles. The minimum atomic E-state index is -1.10. The van der Waals surface area contributed by atoms with Gasteiger partial charge in [0.25, 0.3) is 5.91 Å². The van der Waals surface area contributed by atoms with Crippen LogP contribution in [0, 0.1) is 0 Å². The summed E-state index contributed by atoms with van der Waals surface area (Å²) in [5.74, 6) is -1.02. The molecule has 1 fully saturated rings. The molecule has 8 heteroatoms. The Morgan fingerprint density at radius 1 is 1.63 bits per heavy atom. The van der Waals surface area contributed by atoms with Crippen molar-refractivity contribution >= 4 is 62.2 Å². The van der Waals surface area contributed by atoms with E-state index >= 15 is 0 Å². The van der Waals surface area contributed by atoms with Crippen molar-refractivity contribution in [3.8, 4) is 0 Å². The number of amides is 1. The van der Waals surface area contributed by atoms with Gasteiger partial charge in [-0.15, -0.1) is 0 Å². The van der Waals surface area contributed by atoms with Gasteiger partial charge in [0.2, 0.25) is 0 Å². The van der Waals surface area contributed by atoms with Crippen molar-refractivity contribution in [3.63, 3.8) is 0 Å². The molecule has 0 bridgehead atoms. The van der Waals surface area contributed by atoms with Gasteiger partial charge in [-0.25, -0.2) is 4.79 Å². The molecule has 1 aromatic rings. The van der Waals surface area contributed by atoms with Gasteiger partial charge >= 0.3 is 5.97 Å². The Hall–Kier alpha value is -1.12. The minimum absolute atomic E-state index is 0.233. The zero-order chi connectivity index (χ0) is 14.2. The van der Waals surface area contributed by atoms with Crippen molar-refractivity contribution in [2.24, 2.45) is 0 Å². The topological polar surface area (TPSA) is 70.8 Å². The van der Waals surface area contributed by atoms with Gasteiger partial charge in [0.05, 0.1) is 4.91 Å². The quantitative estimate of drug-likeness (QED) is 0.659. The third-order valence-electron chi connectivity index (χ3n) is 2.44. The molecule has 1 saturated heterocycles. The number of nitrogens with zero attached hydrogens (tertiary/aromatic N) is 1. The maximum absolute atomic E-state index is 12.1. The fraction of sp³-hybridized carbons (Fsp3) is 0.182. The van der Waals surface area contributed by atoms with Crippen LogP contribution >= 0.6 is 39.9 Å². The maximum atomic E-state index is 12.1. The first-order valence-corrected chi connectivity index (χ1v) is 7.17. The molecule has 0 aliphatic carbocycles. The van der Waals surface area contributed by atoms with Crippen LogP contribution in [0.5, 0.6) is 0 Å². The Morgan fingerprint density at radius 2 is 2.32 bits per heavy atom.